The first-order chi connectivity index (χ1) is 17.9. The van der Waals surface area contributed by atoms with Gasteiger partial charge in [-0.05, 0) is 54.2 Å². The average molecular weight is 578 g/mol. The lowest BCUT2D eigenvalue weighted by atomic mass is 9.91. The summed E-state index contributed by atoms with van der Waals surface area (Å²) in [6, 6.07) is 21.1. The highest BCUT2D eigenvalue weighted by atomic mass is 79.9. The predicted octanol–water partition coefficient (Wildman–Crippen LogP) is 5.63. The Morgan fingerprint density at radius 1 is 1.08 bits per heavy atom. The number of hydrogen-bond acceptors (Lipinski definition) is 5. The van der Waals surface area contributed by atoms with Gasteiger partial charge in [0.15, 0.2) is 5.11 Å². The zero-order chi connectivity index (χ0) is 26.1. The number of thiocarbonyl (C=S) groups is 1. The van der Waals surface area contributed by atoms with E-state index in [1.165, 1.54) is 0 Å². The van der Waals surface area contributed by atoms with Crippen LogP contribution >= 0.6 is 28.1 Å². The van der Waals surface area contributed by atoms with Gasteiger partial charge in [0.25, 0.3) is 5.56 Å². The first-order valence-electron chi connectivity index (χ1n) is 11.7. The highest BCUT2D eigenvalue weighted by Crippen LogP contribution is 2.41. The van der Waals surface area contributed by atoms with Crippen molar-refractivity contribution in [2.45, 2.75) is 12.5 Å². The Kier molecular flexibility index (Phi) is 6.99. The first kappa shape index (κ1) is 25.0. The molecule has 3 aromatic carbocycles. The van der Waals surface area contributed by atoms with Crippen LogP contribution in [0, 0.1) is 0 Å². The lowest BCUT2D eigenvalue weighted by Gasteiger charge is -2.25. The fourth-order valence-electron chi connectivity index (χ4n) is 4.75. The van der Waals surface area contributed by atoms with Crippen molar-refractivity contribution in [2.24, 2.45) is 5.10 Å². The van der Waals surface area contributed by atoms with E-state index in [1.807, 2.05) is 66.7 Å². The normalized spacial score (nSPS) is 15.0. The molecule has 0 radical (unpaired) electrons. The van der Waals surface area contributed by atoms with Crippen LogP contribution in [0.3, 0.4) is 0 Å². The van der Waals surface area contributed by atoms with Crippen molar-refractivity contribution >= 4 is 49.9 Å². The number of hydrazone groups is 1. The van der Waals surface area contributed by atoms with Gasteiger partial charge in [0.1, 0.15) is 11.5 Å². The van der Waals surface area contributed by atoms with Gasteiger partial charge in [-0.15, -0.1) is 0 Å². The molecule has 4 aromatic rings. The van der Waals surface area contributed by atoms with Crippen LogP contribution in [-0.4, -0.2) is 42.1 Å². The summed E-state index contributed by atoms with van der Waals surface area (Å²) in [5.41, 5.74) is 4.32. The number of hydrogen-bond donors (Lipinski definition) is 2. The zero-order valence-electron chi connectivity index (χ0n) is 20.5. The third kappa shape index (κ3) is 4.60. The van der Waals surface area contributed by atoms with E-state index >= 15 is 0 Å². The molecule has 1 unspecified atom stereocenters. The van der Waals surface area contributed by atoms with E-state index in [0.29, 0.717) is 34.3 Å². The number of H-pyrrole nitrogens is 1. The van der Waals surface area contributed by atoms with Gasteiger partial charge in [-0.3, -0.25) is 4.79 Å². The molecule has 7 nitrogen and oxygen atoms in total. The molecule has 0 bridgehead atoms. The Morgan fingerprint density at radius 2 is 1.86 bits per heavy atom. The number of benzene rings is 3. The van der Waals surface area contributed by atoms with E-state index in [1.54, 1.807) is 26.3 Å². The molecule has 1 aromatic heterocycles. The van der Waals surface area contributed by atoms with Crippen molar-refractivity contribution < 1.29 is 9.47 Å². The highest BCUT2D eigenvalue weighted by molar-refractivity contribution is 9.10. The van der Waals surface area contributed by atoms with Gasteiger partial charge in [-0.25, -0.2) is 5.01 Å². The van der Waals surface area contributed by atoms with Crippen LogP contribution in [0.2, 0.25) is 0 Å². The molecule has 0 saturated carbocycles. The van der Waals surface area contributed by atoms with Gasteiger partial charge in [0, 0.05) is 40.0 Å². The minimum atomic E-state index is -0.304. The summed E-state index contributed by atoms with van der Waals surface area (Å²) < 4.78 is 12.1. The molecule has 2 heterocycles. The molecular weight excluding hydrogens is 552 g/mol. The molecule has 37 heavy (non-hydrogen) atoms. The molecule has 0 spiro atoms. The predicted molar refractivity (Wildman–Crippen MR) is 155 cm³/mol. The molecule has 0 amide bonds. The summed E-state index contributed by atoms with van der Waals surface area (Å²) in [7, 11) is 5.00. The second-order valence-electron chi connectivity index (χ2n) is 8.53. The topological polar surface area (TPSA) is 79.0 Å². The molecule has 1 aliphatic rings. The highest BCUT2D eigenvalue weighted by Gasteiger charge is 2.35. The minimum Gasteiger partial charge on any atom is -0.497 e. The SMILES string of the molecule is CNC(=S)N1N=C(c2c(-c3ccccc3)c3cc(Br)ccc3[nH]c2=O)CC1c1cc(OC)ccc1OC. The Morgan fingerprint density at radius 3 is 2.57 bits per heavy atom. The number of fused-ring (bicyclic) bond motifs is 1. The fraction of sp³-hybridized carbons (Fsp3) is 0.179. The van der Waals surface area contributed by atoms with Crippen molar-refractivity contribution in [2.75, 3.05) is 21.3 Å². The van der Waals surface area contributed by atoms with Crippen LogP contribution in [0.5, 0.6) is 11.5 Å². The van der Waals surface area contributed by atoms with Crippen molar-refractivity contribution in [3.05, 3.63) is 92.7 Å². The van der Waals surface area contributed by atoms with E-state index in [9.17, 15) is 4.79 Å². The standard InChI is InChI=1S/C28H25BrN4O3S/c1-30-28(37)33-23(20-14-18(35-2)10-12-24(20)36-3)15-22(32-33)26-25(16-7-5-4-6-8-16)19-13-17(29)9-11-21(19)31-27(26)34/h4-14,23H,15H2,1-3H3,(H,30,37)(H,31,34). The van der Waals surface area contributed by atoms with Crippen molar-refractivity contribution in [1.29, 1.82) is 0 Å². The number of nitrogens with one attached hydrogen (secondary N) is 2. The summed E-state index contributed by atoms with van der Waals surface area (Å²) >= 11 is 9.22. The monoisotopic (exact) mass is 576 g/mol. The Labute approximate surface area is 228 Å². The van der Waals surface area contributed by atoms with E-state index < -0.39 is 0 Å². The molecule has 9 heteroatoms. The summed E-state index contributed by atoms with van der Waals surface area (Å²) in [6.07, 6.45) is 0.438. The summed E-state index contributed by atoms with van der Waals surface area (Å²) in [4.78, 5) is 16.7. The van der Waals surface area contributed by atoms with Crippen molar-refractivity contribution in [3.8, 4) is 22.6 Å². The molecule has 2 N–H and O–H groups in total. The number of aromatic nitrogens is 1. The molecular formula is C28H25BrN4O3S. The van der Waals surface area contributed by atoms with E-state index in [2.05, 4.69) is 26.2 Å². The largest absolute Gasteiger partial charge is 0.497 e. The number of halogens is 1. The van der Waals surface area contributed by atoms with Crippen LogP contribution < -0.4 is 20.3 Å². The lowest BCUT2D eigenvalue weighted by Crippen LogP contribution is -2.34. The lowest BCUT2D eigenvalue weighted by molar-refractivity contribution is 0.341. The summed E-state index contributed by atoms with van der Waals surface area (Å²) in [5.74, 6) is 1.38. The van der Waals surface area contributed by atoms with Crippen LogP contribution in [0.1, 0.15) is 23.6 Å². The smallest absolute Gasteiger partial charge is 0.258 e. The molecule has 1 atom stereocenters. The first-order valence-corrected chi connectivity index (χ1v) is 12.9. The van der Waals surface area contributed by atoms with Gasteiger partial charge in [0.2, 0.25) is 0 Å². The van der Waals surface area contributed by atoms with E-state index in [0.717, 1.165) is 32.1 Å². The van der Waals surface area contributed by atoms with Gasteiger partial charge in [-0.2, -0.15) is 5.10 Å². The minimum absolute atomic E-state index is 0.207. The number of methoxy groups -OCH3 is 2. The zero-order valence-corrected chi connectivity index (χ0v) is 22.9. The summed E-state index contributed by atoms with van der Waals surface area (Å²) in [6.45, 7) is 0. The summed E-state index contributed by atoms with van der Waals surface area (Å²) in [5, 5.41) is 11.0. The molecule has 0 saturated heterocycles. The molecule has 0 fully saturated rings. The van der Waals surface area contributed by atoms with Gasteiger partial charge < -0.3 is 19.8 Å². The molecule has 5 rings (SSSR count). The van der Waals surface area contributed by atoms with Crippen LogP contribution in [0.25, 0.3) is 22.0 Å². The Balaban J connectivity index is 1.74. The number of nitrogens with zero attached hydrogens (tertiary/aromatic N) is 2. The number of aromatic amines is 1. The number of ether oxygens (including phenoxy) is 2. The third-order valence-corrected chi connectivity index (χ3v) is 7.34. The third-order valence-electron chi connectivity index (χ3n) is 6.46. The maximum absolute atomic E-state index is 13.7. The maximum atomic E-state index is 13.7. The Hall–Kier alpha value is -3.69. The van der Waals surface area contributed by atoms with Crippen molar-refractivity contribution in [3.63, 3.8) is 0 Å². The van der Waals surface area contributed by atoms with Crippen LogP contribution in [0.4, 0.5) is 0 Å². The van der Waals surface area contributed by atoms with E-state index in [-0.39, 0.29) is 11.6 Å². The quantitative estimate of drug-likeness (QED) is 0.300. The number of rotatable bonds is 5. The Bertz CT molecular complexity index is 1590. The fourth-order valence-corrected chi connectivity index (χ4v) is 5.28. The molecule has 188 valence electrons. The van der Waals surface area contributed by atoms with Crippen LogP contribution in [-0.2, 0) is 0 Å². The molecule has 1 aliphatic heterocycles. The second-order valence-corrected chi connectivity index (χ2v) is 9.84. The molecule has 0 aliphatic carbocycles. The van der Waals surface area contributed by atoms with E-state index in [4.69, 9.17) is 26.8 Å². The second kappa shape index (κ2) is 10.4. The average Bonchev–Trinajstić information content (AvgIpc) is 3.37. The van der Waals surface area contributed by atoms with Crippen LogP contribution in [0.15, 0.2) is 81.1 Å². The van der Waals surface area contributed by atoms with Gasteiger partial charge in [-0.1, -0.05) is 46.3 Å². The van der Waals surface area contributed by atoms with Crippen molar-refractivity contribution in [1.82, 2.24) is 15.3 Å². The van der Waals surface area contributed by atoms with Gasteiger partial charge in [0.05, 0.1) is 31.5 Å². The number of pyridine rings is 1. The van der Waals surface area contributed by atoms with Gasteiger partial charge >= 0.3 is 0 Å². The maximum Gasteiger partial charge on any atom is 0.258 e.